The van der Waals surface area contributed by atoms with E-state index < -0.39 is 0 Å². The van der Waals surface area contributed by atoms with Gasteiger partial charge in [-0.1, -0.05) is 6.92 Å². The molecule has 0 radical (unpaired) electrons. The smallest absolute Gasteiger partial charge is 0.322 e. The molecule has 1 saturated carbocycles. The van der Waals surface area contributed by atoms with Crippen LogP contribution >= 0.6 is 0 Å². The summed E-state index contributed by atoms with van der Waals surface area (Å²) in [6.07, 6.45) is 5.89. The van der Waals surface area contributed by atoms with E-state index in [4.69, 9.17) is 9.47 Å². The molecule has 1 aliphatic heterocycles. The second-order valence-corrected chi connectivity index (χ2v) is 5.83. The lowest BCUT2D eigenvalue weighted by molar-refractivity contribution is -0.143. The molecule has 5 nitrogen and oxygen atoms in total. The van der Waals surface area contributed by atoms with Gasteiger partial charge in [-0.25, -0.2) is 0 Å². The lowest BCUT2D eigenvalue weighted by atomic mass is 10.1. The van der Waals surface area contributed by atoms with Crippen molar-refractivity contribution in [2.24, 2.45) is 0 Å². The summed E-state index contributed by atoms with van der Waals surface area (Å²) in [5.41, 5.74) is 0. The van der Waals surface area contributed by atoms with E-state index in [-0.39, 0.29) is 12.0 Å². The Morgan fingerprint density at radius 3 is 2.80 bits per heavy atom. The highest BCUT2D eigenvalue weighted by molar-refractivity contribution is 5.75. The molecular formula is C15H28N2O3. The molecule has 20 heavy (non-hydrogen) atoms. The van der Waals surface area contributed by atoms with Crippen LogP contribution in [0.3, 0.4) is 0 Å². The molecular weight excluding hydrogens is 256 g/mol. The molecule has 2 fully saturated rings. The van der Waals surface area contributed by atoms with Crippen LogP contribution in [0, 0.1) is 0 Å². The molecule has 0 bridgehead atoms. The lowest BCUT2D eigenvalue weighted by Crippen LogP contribution is -2.42. The Labute approximate surface area is 122 Å². The SMILES string of the molecule is CCN(CCC(NC1CC1)C(=O)OC)CC1CCCO1. The Kier molecular flexibility index (Phi) is 6.26. The molecule has 1 N–H and O–H groups in total. The highest BCUT2D eigenvalue weighted by Gasteiger charge is 2.29. The Morgan fingerprint density at radius 2 is 2.25 bits per heavy atom. The van der Waals surface area contributed by atoms with Crippen molar-refractivity contribution in [3.8, 4) is 0 Å². The zero-order chi connectivity index (χ0) is 14.4. The van der Waals surface area contributed by atoms with Gasteiger partial charge in [0.2, 0.25) is 0 Å². The highest BCUT2D eigenvalue weighted by Crippen LogP contribution is 2.20. The van der Waals surface area contributed by atoms with Crippen molar-refractivity contribution in [3.05, 3.63) is 0 Å². The van der Waals surface area contributed by atoms with Crippen molar-refractivity contribution in [2.45, 2.75) is 57.2 Å². The molecule has 0 aromatic carbocycles. The third kappa shape index (κ3) is 5.04. The fraction of sp³-hybridized carbons (Fsp3) is 0.933. The minimum absolute atomic E-state index is 0.134. The Morgan fingerprint density at radius 1 is 1.45 bits per heavy atom. The fourth-order valence-corrected chi connectivity index (χ4v) is 2.71. The average Bonchev–Trinajstić information content (AvgIpc) is 3.14. The summed E-state index contributed by atoms with van der Waals surface area (Å²) in [6.45, 7) is 5.95. The fourth-order valence-electron chi connectivity index (χ4n) is 2.71. The maximum atomic E-state index is 11.8. The van der Waals surface area contributed by atoms with Gasteiger partial charge in [0.25, 0.3) is 0 Å². The molecule has 2 unspecified atom stereocenters. The first-order valence-corrected chi connectivity index (χ1v) is 7.90. The number of rotatable bonds is 9. The van der Waals surface area contributed by atoms with Crippen LogP contribution < -0.4 is 5.32 Å². The van der Waals surface area contributed by atoms with Gasteiger partial charge in [0, 0.05) is 25.7 Å². The van der Waals surface area contributed by atoms with E-state index in [1.807, 2.05) is 0 Å². The van der Waals surface area contributed by atoms with Gasteiger partial charge in [0.1, 0.15) is 6.04 Å². The summed E-state index contributed by atoms with van der Waals surface area (Å²) in [6, 6.07) is 0.360. The summed E-state index contributed by atoms with van der Waals surface area (Å²) in [7, 11) is 1.47. The molecule has 1 heterocycles. The standard InChI is InChI=1S/C15H28N2O3/c1-3-17(11-13-5-4-10-20-13)9-8-14(15(18)19-2)16-12-6-7-12/h12-14,16H,3-11H2,1-2H3. The Balaban J connectivity index is 1.74. The molecule has 0 aromatic heterocycles. The predicted molar refractivity (Wildman–Crippen MR) is 77.7 cm³/mol. The number of likely N-dealkylation sites (N-methyl/N-ethyl adjacent to an activating group) is 1. The maximum absolute atomic E-state index is 11.8. The van der Waals surface area contributed by atoms with Crippen molar-refractivity contribution < 1.29 is 14.3 Å². The first-order chi connectivity index (χ1) is 9.72. The zero-order valence-corrected chi connectivity index (χ0v) is 12.8. The first kappa shape index (κ1) is 15.7. The lowest BCUT2D eigenvalue weighted by Gasteiger charge is -2.25. The highest BCUT2D eigenvalue weighted by atomic mass is 16.5. The average molecular weight is 284 g/mol. The van der Waals surface area contributed by atoms with Gasteiger partial charge >= 0.3 is 5.97 Å². The molecule has 116 valence electrons. The summed E-state index contributed by atoms with van der Waals surface area (Å²) in [5, 5.41) is 3.38. The van der Waals surface area contributed by atoms with Crippen molar-refractivity contribution in [2.75, 3.05) is 33.4 Å². The predicted octanol–water partition coefficient (Wildman–Crippen LogP) is 1.17. The van der Waals surface area contributed by atoms with Crippen molar-refractivity contribution in [3.63, 3.8) is 0 Å². The molecule has 1 aliphatic carbocycles. The molecule has 0 aromatic rings. The molecule has 2 aliphatic rings. The van der Waals surface area contributed by atoms with Gasteiger partial charge < -0.3 is 19.7 Å². The number of hydrogen-bond donors (Lipinski definition) is 1. The normalized spacial score (nSPS) is 24.1. The quantitative estimate of drug-likeness (QED) is 0.644. The minimum Gasteiger partial charge on any atom is -0.468 e. The van der Waals surface area contributed by atoms with Crippen molar-refractivity contribution >= 4 is 5.97 Å². The van der Waals surface area contributed by atoms with Gasteiger partial charge in [-0.2, -0.15) is 0 Å². The van der Waals surface area contributed by atoms with Gasteiger partial charge in [-0.15, -0.1) is 0 Å². The summed E-state index contributed by atoms with van der Waals surface area (Å²) in [5.74, 6) is -0.134. The van der Waals surface area contributed by atoms with Crippen LogP contribution in [0.15, 0.2) is 0 Å². The van der Waals surface area contributed by atoms with E-state index in [2.05, 4.69) is 17.1 Å². The maximum Gasteiger partial charge on any atom is 0.322 e. The van der Waals surface area contributed by atoms with Crippen LogP contribution in [0.25, 0.3) is 0 Å². The van der Waals surface area contributed by atoms with Crippen molar-refractivity contribution in [1.82, 2.24) is 10.2 Å². The van der Waals surface area contributed by atoms with E-state index >= 15 is 0 Å². The van der Waals surface area contributed by atoms with Gasteiger partial charge in [0.15, 0.2) is 0 Å². The number of hydrogen-bond acceptors (Lipinski definition) is 5. The molecule has 2 rings (SSSR count). The van der Waals surface area contributed by atoms with Crippen molar-refractivity contribution in [1.29, 1.82) is 0 Å². The summed E-state index contributed by atoms with van der Waals surface area (Å²) in [4.78, 5) is 14.2. The van der Waals surface area contributed by atoms with Crippen LogP contribution in [0.4, 0.5) is 0 Å². The van der Waals surface area contributed by atoms with Crippen LogP contribution in [0.2, 0.25) is 0 Å². The van der Waals surface area contributed by atoms with E-state index in [0.29, 0.717) is 12.1 Å². The molecule has 1 saturated heterocycles. The molecule has 2 atom stereocenters. The number of methoxy groups -OCH3 is 1. The van der Waals surface area contributed by atoms with E-state index in [1.54, 1.807) is 0 Å². The number of nitrogens with one attached hydrogen (secondary N) is 1. The monoisotopic (exact) mass is 284 g/mol. The number of carbonyl (C=O) groups is 1. The Hall–Kier alpha value is -0.650. The van der Waals surface area contributed by atoms with Gasteiger partial charge in [-0.3, -0.25) is 4.79 Å². The van der Waals surface area contributed by atoms with Crippen LogP contribution in [-0.4, -0.2) is 62.4 Å². The topological polar surface area (TPSA) is 50.8 Å². The Bertz CT molecular complexity index is 301. The van der Waals surface area contributed by atoms with Crippen LogP contribution in [-0.2, 0) is 14.3 Å². The number of carbonyl (C=O) groups excluding carboxylic acids is 1. The molecule has 0 amide bonds. The molecule has 0 spiro atoms. The molecule has 5 heteroatoms. The van der Waals surface area contributed by atoms with Gasteiger partial charge in [-0.05, 0) is 38.6 Å². The van der Waals surface area contributed by atoms with E-state index in [0.717, 1.165) is 39.1 Å². The third-order valence-electron chi connectivity index (χ3n) is 4.17. The number of esters is 1. The van der Waals surface area contributed by atoms with Crippen LogP contribution in [0.1, 0.15) is 39.0 Å². The summed E-state index contributed by atoms with van der Waals surface area (Å²) < 4.78 is 10.6. The second kappa shape index (κ2) is 7.96. The van der Waals surface area contributed by atoms with Crippen LogP contribution in [0.5, 0.6) is 0 Å². The number of ether oxygens (including phenoxy) is 2. The third-order valence-corrected chi connectivity index (χ3v) is 4.17. The zero-order valence-electron chi connectivity index (χ0n) is 12.8. The first-order valence-electron chi connectivity index (χ1n) is 7.90. The number of nitrogens with zero attached hydrogens (tertiary/aromatic N) is 1. The second-order valence-electron chi connectivity index (χ2n) is 5.83. The largest absolute Gasteiger partial charge is 0.468 e. The minimum atomic E-state index is -0.161. The van der Waals surface area contributed by atoms with Gasteiger partial charge in [0.05, 0.1) is 13.2 Å². The van der Waals surface area contributed by atoms with E-state index in [9.17, 15) is 4.79 Å². The summed E-state index contributed by atoms with van der Waals surface area (Å²) >= 11 is 0. The van der Waals surface area contributed by atoms with E-state index in [1.165, 1.54) is 26.4 Å².